The molecule has 70 valence electrons. The summed E-state index contributed by atoms with van der Waals surface area (Å²) in [6.07, 6.45) is 2.49. The second-order valence-corrected chi connectivity index (χ2v) is 3.63. The third-order valence-electron chi connectivity index (χ3n) is 3.10. The molecule has 12 heavy (non-hydrogen) atoms. The van der Waals surface area contributed by atoms with E-state index in [4.69, 9.17) is 0 Å². The van der Waals surface area contributed by atoms with Gasteiger partial charge in [-0.3, -0.25) is 0 Å². The maximum atomic E-state index is 2.48. The zero-order chi connectivity index (χ0) is 9.14. The van der Waals surface area contributed by atoms with Gasteiger partial charge in [-0.2, -0.15) is 4.58 Å². The summed E-state index contributed by atoms with van der Waals surface area (Å²) in [5.74, 6) is 1.60. The van der Waals surface area contributed by atoms with Gasteiger partial charge in [-0.1, -0.05) is 6.92 Å². The molecule has 2 heteroatoms. The van der Waals surface area contributed by atoms with Crippen LogP contribution in [0.15, 0.2) is 0 Å². The lowest BCUT2D eigenvalue weighted by Crippen LogP contribution is -3.13. The van der Waals surface area contributed by atoms with Crippen LogP contribution in [0.5, 0.6) is 0 Å². The fraction of sp³-hybridized carbons (Fsp3) is 0.900. The zero-order valence-corrected chi connectivity index (χ0v) is 8.85. The van der Waals surface area contributed by atoms with Crippen LogP contribution >= 0.6 is 0 Å². The van der Waals surface area contributed by atoms with Gasteiger partial charge in [-0.25, -0.2) is 4.90 Å². The zero-order valence-electron chi connectivity index (χ0n) is 8.85. The summed E-state index contributed by atoms with van der Waals surface area (Å²) in [7, 11) is 2.25. The first-order valence-corrected chi connectivity index (χ1v) is 5.18. The Hall–Kier alpha value is -0.370. The van der Waals surface area contributed by atoms with Crippen LogP contribution in [0.3, 0.4) is 0 Å². The highest BCUT2D eigenvalue weighted by molar-refractivity contribution is 5.68. The van der Waals surface area contributed by atoms with Gasteiger partial charge < -0.3 is 0 Å². The largest absolute Gasteiger partial charge is 0.336 e. The van der Waals surface area contributed by atoms with Crippen LogP contribution in [-0.4, -0.2) is 36.6 Å². The summed E-state index contributed by atoms with van der Waals surface area (Å²) in [6.45, 7) is 9.38. The Morgan fingerprint density at radius 2 is 2.08 bits per heavy atom. The summed E-state index contributed by atoms with van der Waals surface area (Å²) in [5.41, 5.74) is 0. The first kappa shape index (κ1) is 9.72. The molecule has 2 nitrogen and oxygen atoms in total. The van der Waals surface area contributed by atoms with E-state index in [-0.39, 0.29) is 0 Å². The van der Waals surface area contributed by atoms with Crippen molar-refractivity contribution in [3.63, 3.8) is 0 Å². The number of hydrogen-bond donors (Lipinski definition) is 1. The van der Waals surface area contributed by atoms with Gasteiger partial charge in [0, 0.05) is 6.42 Å². The molecule has 1 N–H and O–H groups in total. The highest BCUT2D eigenvalue weighted by Gasteiger charge is 2.37. The van der Waals surface area contributed by atoms with E-state index in [0.29, 0.717) is 0 Å². The number of quaternary nitrogens is 1. The van der Waals surface area contributed by atoms with Crippen molar-refractivity contribution >= 4 is 5.84 Å². The van der Waals surface area contributed by atoms with Crippen LogP contribution in [0.2, 0.25) is 0 Å². The van der Waals surface area contributed by atoms with Crippen LogP contribution in [0.4, 0.5) is 0 Å². The predicted octanol–water partition coefficient (Wildman–Crippen LogP) is 0.134. The summed E-state index contributed by atoms with van der Waals surface area (Å²) in [6, 6.07) is 0.787. The van der Waals surface area contributed by atoms with E-state index in [0.717, 1.165) is 6.04 Å². The molecule has 0 aliphatic carbocycles. The molecule has 0 amide bonds. The first-order valence-electron chi connectivity index (χ1n) is 5.18. The van der Waals surface area contributed by atoms with E-state index in [9.17, 15) is 0 Å². The summed E-state index contributed by atoms with van der Waals surface area (Å²) in [5, 5.41) is 0. The van der Waals surface area contributed by atoms with E-state index < -0.39 is 0 Å². The van der Waals surface area contributed by atoms with Crippen molar-refractivity contribution in [3.05, 3.63) is 0 Å². The predicted molar refractivity (Wildman–Crippen MR) is 51.9 cm³/mol. The van der Waals surface area contributed by atoms with Crippen LogP contribution in [-0.2, 0) is 0 Å². The van der Waals surface area contributed by atoms with Gasteiger partial charge in [-0.05, 0) is 13.8 Å². The molecular weight excluding hydrogens is 148 g/mol. The lowest BCUT2D eigenvalue weighted by Gasteiger charge is -2.05. The molecule has 1 heterocycles. The normalized spacial score (nSPS) is 30.0. The minimum atomic E-state index is 0.787. The number of nitrogens with zero attached hydrogens (tertiary/aromatic N) is 1. The van der Waals surface area contributed by atoms with E-state index in [1.54, 1.807) is 10.7 Å². The number of amidine groups is 1. The third-order valence-corrected chi connectivity index (χ3v) is 3.10. The van der Waals surface area contributed by atoms with Crippen LogP contribution in [0.1, 0.15) is 33.6 Å². The summed E-state index contributed by atoms with van der Waals surface area (Å²) in [4.78, 5) is 1.69. The van der Waals surface area contributed by atoms with Crippen LogP contribution in [0.25, 0.3) is 0 Å². The molecule has 1 aliphatic rings. The molecule has 1 aliphatic heterocycles. The summed E-state index contributed by atoms with van der Waals surface area (Å²) < 4.78 is 2.48. The second-order valence-electron chi connectivity index (χ2n) is 3.63. The van der Waals surface area contributed by atoms with Crippen molar-refractivity contribution in [2.24, 2.45) is 0 Å². The Labute approximate surface area is 75.9 Å². The Kier molecular flexibility index (Phi) is 3.27. The number of nitrogens with one attached hydrogen (secondary N) is 1. The molecule has 0 bridgehead atoms. The molecule has 0 aromatic rings. The second kappa shape index (κ2) is 4.04. The Morgan fingerprint density at radius 3 is 2.42 bits per heavy atom. The first-order chi connectivity index (χ1) is 5.74. The molecule has 0 aromatic carbocycles. The van der Waals surface area contributed by atoms with Crippen LogP contribution in [0, 0.1) is 0 Å². The molecular formula is C10H22N2+2. The molecule has 0 radical (unpaired) electrons. The van der Waals surface area contributed by atoms with Gasteiger partial charge in [0.25, 0.3) is 0 Å². The fourth-order valence-corrected chi connectivity index (χ4v) is 2.27. The molecule has 0 saturated carbocycles. The molecule has 0 fully saturated rings. The van der Waals surface area contributed by atoms with Crippen molar-refractivity contribution in [1.29, 1.82) is 0 Å². The molecule has 0 spiro atoms. The standard InChI is InChI=1S/C10H21N2/c1-5-9-8-12(7-3)10(6-2)11(9)4/h9H,5-8H2,1-4H3/q+1/p+1. The van der Waals surface area contributed by atoms with Crippen molar-refractivity contribution in [3.8, 4) is 0 Å². The lowest BCUT2D eigenvalue weighted by atomic mass is 10.2. The number of likely N-dealkylation sites (N-methyl/N-ethyl adjacent to an activating group) is 2. The van der Waals surface area contributed by atoms with E-state index in [1.807, 2.05) is 0 Å². The molecule has 2 atom stereocenters. The maximum Gasteiger partial charge on any atom is 0.336 e. The minimum Gasteiger partial charge on any atom is -0.246 e. The molecule has 0 aromatic heterocycles. The topological polar surface area (TPSA) is 7.45 Å². The summed E-state index contributed by atoms with van der Waals surface area (Å²) >= 11 is 0. The van der Waals surface area contributed by atoms with Gasteiger partial charge in [0.2, 0.25) is 6.04 Å². The quantitative estimate of drug-likeness (QED) is 0.576. The molecule has 1 rings (SSSR count). The van der Waals surface area contributed by atoms with E-state index in [2.05, 4.69) is 32.4 Å². The smallest absolute Gasteiger partial charge is 0.246 e. The minimum absolute atomic E-state index is 0.787. The number of rotatable bonds is 3. The monoisotopic (exact) mass is 170 g/mol. The van der Waals surface area contributed by atoms with Crippen LogP contribution < -0.4 is 4.90 Å². The van der Waals surface area contributed by atoms with Gasteiger partial charge in [-0.15, -0.1) is 0 Å². The van der Waals surface area contributed by atoms with Crippen molar-refractivity contribution in [2.45, 2.75) is 39.7 Å². The average molecular weight is 170 g/mol. The van der Waals surface area contributed by atoms with E-state index >= 15 is 0 Å². The third kappa shape index (κ3) is 1.53. The Bertz CT molecular complexity index is 184. The lowest BCUT2D eigenvalue weighted by molar-refractivity contribution is -0.801. The fourth-order valence-electron chi connectivity index (χ4n) is 2.27. The van der Waals surface area contributed by atoms with Crippen molar-refractivity contribution in [2.75, 3.05) is 20.1 Å². The number of hydrogen-bond acceptors (Lipinski definition) is 0. The van der Waals surface area contributed by atoms with Gasteiger partial charge in [0.05, 0.1) is 13.0 Å². The van der Waals surface area contributed by atoms with Gasteiger partial charge >= 0.3 is 5.84 Å². The van der Waals surface area contributed by atoms with Gasteiger partial charge in [0.1, 0.15) is 13.6 Å². The average Bonchev–Trinajstić information content (AvgIpc) is 2.41. The van der Waals surface area contributed by atoms with Crippen molar-refractivity contribution < 1.29 is 9.48 Å². The Morgan fingerprint density at radius 1 is 1.42 bits per heavy atom. The van der Waals surface area contributed by atoms with Gasteiger partial charge in [0.15, 0.2) is 0 Å². The SMILES string of the molecule is CCC1=[N+](C)C(CC)C[NH+]1CC. The molecule has 2 unspecified atom stereocenters. The Balaban J connectivity index is 2.77. The highest BCUT2D eigenvalue weighted by atomic mass is 15.3. The molecule has 0 saturated heterocycles. The maximum absolute atomic E-state index is 2.48. The highest BCUT2D eigenvalue weighted by Crippen LogP contribution is 1.98. The van der Waals surface area contributed by atoms with Crippen molar-refractivity contribution in [1.82, 2.24) is 0 Å². The van der Waals surface area contributed by atoms with E-state index in [1.165, 1.54) is 25.9 Å².